The first-order valence-electron chi connectivity index (χ1n) is 5.24. The summed E-state index contributed by atoms with van der Waals surface area (Å²) in [6, 6.07) is 5.26. The van der Waals surface area contributed by atoms with Crippen LogP contribution in [0.2, 0.25) is 0 Å². The number of fused-ring (bicyclic) bond motifs is 1. The molecule has 1 aliphatic rings. The van der Waals surface area contributed by atoms with E-state index < -0.39 is 5.54 Å². The average molecular weight is 221 g/mol. The predicted molar refractivity (Wildman–Crippen MR) is 60.5 cm³/mol. The van der Waals surface area contributed by atoms with E-state index in [1.165, 1.54) is 7.11 Å². The molecule has 1 unspecified atom stereocenters. The van der Waals surface area contributed by atoms with Crippen LogP contribution in [0.5, 0.6) is 5.75 Å². The summed E-state index contributed by atoms with van der Waals surface area (Å²) in [5.74, 6) is -0.00147. The molecular weight excluding hydrogens is 206 g/mol. The maximum atomic E-state index is 11.6. The largest absolute Gasteiger partial charge is 0.508 e. The van der Waals surface area contributed by atoms with E-state index in [-0.39, 0.29) is 11.7 Å². The number of hydrogen-bond acceptors (Lipinski definition) is 4. The first-order valence-corrected chi connectivity index (χ1v) is 5.24. The molecular formula is C12H15NO3. The Morgan fingerprint density at radius 1 is 1.56 bits per heavy atom. The Bertz CT molecular complexity index is 430. The number of carbonyl (C=O) groups excluding carboxylic acids is 1. The van der Waals surface area contributed by atoms with Crippen LogP contribution in [0.3, 0.4) is 0 Å². The normalized spacial score (nSPS) is 23.1. The Kier molecular flexibility index (Phi) is 2.50. The molecule has 86 valence electrons. The highest BCUT2D eigenvalue weighted by Crippen LogP contribution is 2.35. The lowest BCUT2D eigenvalue weighted by molar-refractivity contribution is -0.145. The number of carbonyl (C=O) groups is 1. The summed E-state index contributed by atoms with van der Waals surface area (Å²) in [6.07, 6.45) is 1.28. The van der Waals surface area contributed by atoms with E-state index >= 15 is 0 Å². The molecule has 0 amide bonds. The molecule has 0 radical (unpaired) electrons. The third-order valence-electron chi connectivity index (χ3n) is 3.07. The van der Waals surface area contributed by atoms with Crippen LogP contribution < -0.4 is 5.32 Å². The Labute approximate surface area is 94.2 Å². The van der Waals surface area contributed by atoms with Crippen molar-refractivity contribution >= 4 is 11.7 Å². The van der Waals surface area contributed by atoms with Crippen LogP contribution in [0.15, 0.2) is 18.2 Å². The van der Waals surface area contributed by atoms with Crippen LogP contribution in [0.25, 0.3) is 0 Å². The number of methoxy groups -OCH3 is 1. The van der Waals surface area contributed by atoms with Crippen molar-refractivity contribution in [2.45, 2.75) is 25.3 Å². The Morgan fingerprint density at radius 3 is 3.00 bits per heavy atom. The van der Waals surface area contributed by atoms with E-state index in [2.05, 4.69) is 5.32 Å². The first-order chi connectivity index (χ1) is 7.57. The molecule has 0 spiro atoms. The predicted octanol–water partition coefficient (Wildman–Crippen LogP) is 1.68. The number of esters is 1. The third kappa shape index (κ3) is 1.60. The number of rotatable bonds is 1. The van der Waals surface area contributed by atoms with Crippen molar-refractivity contribution < 1.29 is 14.6 Å². The lowest BCUT2D eigenvalue weighted by Crippen LogP contribution is -2.46. The Hall–Kier alpha value is -1.71. The van der Waals surface area contributed by atoms with Crippen LogP contribution in [0.4, 0.5) is 5.69 Å². The molecule has 1 heterocycles. The molecule has 2 N–H and O–H groups in total. The number of aromatic hydroxyl groups is 1. The molecule has 0 fully saturated rings. The zero-order chi connectivity index (χ0) is 11.8. The lowest BCUT2D eigenvalue weighted by atomic mass is 9.87. The highest BCUT2D eigenvalue weighted by Gasteiger charge is 2.37. The second kappa shape index (κ2) is 3.70. The van der Waals surface area contributed by atoms with Gasteiger partial charge in [-0.1, -0.05) is 6.07 Å². The zero-order valence-corrected chi connectivity index (χ0v) is 9.41. The van der Waals surface area contributed by atoms with Gasteiger partial charge in [0.25, 0.3) is 0 Å². The van der Waals surface area contributed by atoms with Gasteiger partial charge in [-0.25, -0.2) is 4.79 Å². The van der Waals surface area contributed by atoms with E-state index in [1.54, 1.807) is 12.1 Å². The zero-order valence-electron chi connectivity index (χ0n) is 9.41. The second-order valence-corrected chi connectivity index (χ2v) is 4.25. The van der Waals surface area contributed by atoms with Gasteiger partial charge in [0.15, 0.2) is 0 Å². The maximum Gasteiger partial charge on any atom is 0.331 e. The summed E-state index contributed by atoms with van der Waals surface area (Å²) in [5.41, 5.74) is 0.971. The fourth-order valence-corrected chi connectivity index (χ4v) is 2.07. The molecule has 2 rings (SSSR count). The van der Waals surface area contributed by atoms with Crippen molar-refractivity contribution in [2.75, 3.05) is 12.4 Å². The van der Waals surface area contributed by atoms with Gasteiger partial charge in [-0.2, -0.15) is 0 Å². The molecule has 1 aliphatic heterocycles. The van der Waals surface area contributed by atoms with Crippen molar-refractivity contribution in [3.05, 3.63) is 23.8 Å². The summed E-state index contributed by atoms with van der Waals surface area (Å²) in [5, 5.41) is 12.8. The van der Waals surface area contributed by atoms with Crippen molar-refractivity contribution in [1.82, 2.24) is 0 Å². The number of phenols is 1. The van der Waals surface area contributed by atoms with Gasteiger partial charge in [0.2, 0.25) is 0 Å². The van der Waals surface area contributed by atoms with Gasteiger partial charge in [0.05, 0.1) is 7.11 Å². The van der Waals surface area contributed by atoms with Crippen LogP contribution in [-0.2, 0) is 16.0 Å². The molecule has 4 nitrogen and oxygen atoms in total. The Morgan fingerprint density at radius 2 is 2.31 bits per heavy atom. The van der Waals surface area contributed by atoms with Gasteiger partial charge in [-0.3, -0.25) is 0 Å². The fourth-order valence-electron chi connectivity index (χ4n) is 2.07. The van der Waals surface area contributed by atoms with Gasteiger partial charge >= 0.3 is 5.97 Å². The SMILES string of the molecule is COC(=O)C1(C)CCc2c(O)cccc2N1. The lowest BCUT2D eigenvalue weighted by Gasteiger charge is -2.34. The number of ether oxygens (including phenoxy) is 1. The average Bonchev–Trinajstić information content (AvgIpc) is 2.28. The Balaban J connectivity index is 2.34. The van der Waals surface area contributed by atoms with E-state index in [1.807, 2.05) is 13.0 Å². The standard InChI is InChI=1S/C12H15NO3/c1-12(11(15)16-2)7-6-8-9(13-12)4-3-5-10(8)14/h3-5,13-14H,6-7H2,1-2H3. The minimum atomic E-state index is -0.699. The van der Waals surface area contributed by atoms with Gasteiger partial charge in [0.1, 0.15) is 11.3 Å². The number of phenolic OH excluding ortho intramolecular Hbond substituents is 1. The van der Waals surface area contributed by atoms with Crippen LogP contribution >= 0.6 is 0 Å². The summed E-state index contributed by atoms with van der Waals surface area (Å²) >= 11 is 0. The highest BCUT2D eigenvalue weighted by molar-refractivity contribution is 5.85. The highest BCUT2D eigenvalue weighted by atomic mass is 16.5. The smallest absolute Gasteiger partial charge is 0.331 e. The van der Waals surface area contributed by atoms with Crippen LogP contribution in [0.1, 0.15) is 18.9 Å². The summed E-state index contributed by atoms with van der Waals surface area (Å²) in [6.45, 7) is 1.81. The molecule has 0 bridgehead atoms. The molecule has 4 heteroatoms. The summed E-state index contributed by atoms with van der Waals surface area (Å²) in [7, 11) is 1.38. The van der Waals surface area contributed by atoms with Gasteiger partial charge in [0, 0.05) is 11.3 Å². The van der Waals surface area contributed by atoms with Crippen molar-refractivity contribution in [3.8, 4) is 5.75 Å². The second-order valence-electron chi connectivity index (χ2n) is 4.25. The number of benzene rings is 1. The van der Waals surface area contributed by atoms with E-state index in [4.69, 9.17) is 4.74 Å². The number of anilines is 1. The molecule has 0 aliphatic carbocycles. The van der Waals surface area contributed by atoms with Gasteiger partial charge in [-0.15, -0.1) is 0 Å². The number of hydrogen-bond donors (Lipinski definition) is 2. The van der Waals surface area contributed by atoms with E-state index in [0.717, 1.165) is 11.3 Å². The molecule has 0 aromatic heterocycles. The van der Waals surface area contributed by atoms with Crippen LogP contribution in [0, 0.1) is 0 Å². The molecule has 0 saturated heterocycles. The monoisotopic (exact) mass is 221 g/mol. The fraction of sp³-hybridized carbons (Fsp3) is 0.417. The quantitative estimate of drug-likeness (QED) is 0.708. The molecule has 1 aromatic carbocycles. The summed E-state index contributed by atoms with van der Waals surface area (Å²) < 4.78 is 4.77. The third-order valence-corrected chi connectivity index (χ3v) is 3.07. The van der Waals surface area contributed by atoms with Gasteiger partial charge in [-0.05, 0) is 31.9 Å². The summed E-state index contributed by atoms with van der Waals surface area (Å²) in [4.78, 5) is 11.6. The van der Waals surface area contributed by atoms with Crippen molar-refractivity contribution in [1.29, 1.82) is 0 Å². The molecule has 1 aromatic rings. The first kappa shape index (κ1) is 10.8. The maximum absolute atomic E-state index is 11.6. The van der Waals surface area contributed by atoms with Crippen molar-refractivity contribution in [3.63, 3.8) is 0 Å². The van der Waals surface area contributed by atoms with Crippen LogP contribution in [-0.4, -0.2) is 23.7 Å². The molecule has 0 saturated carbocycles. The van der Waals surface area contributed by atoms with Crippen molar-refractivity contribution in [2.24, 2.45) is 0 Å². The minimum absolute atomic E-state index is 0.275. The minimum Gasteiger partial charge on any atom is -0.508 e. The van der Waals surface area contributed by atoms with E-state index in [9.17, 15) is 9.90 Å². The van der Waals surface area contributed by atoms with Gasteiger partial charge < -0.3 is 15.2 Å². The topological polar surface area (TPSA) is 58.6 Å². The molecule has 16 heavy (non-hydrogen) atoms. The molecule has 1 atom stereocenters. The van der Waals surface area contributed by atoms with E-state index in [0.29, 0.717) is 12.8 Å². The number of nitrogens with one attached hydrogen (secondary N) is 1.